The maximum atomic E-state index is 5.84. The zero-order valence-corrected chi connectivity index (χ0v) is 12.0. The molecular weight excluding hydrogens is 242 g/mol. The predicted molar refractivity (Wildman–Crippen MR) is 76.1 cm³/mol. The summed E-state index contributed by atoms with van der Waals surface area (Å²) >= 11 is 0. The van der Waals surface area contributed by atoms with Crippen LogP contribution in [0.25, 0.3) is 0 Å². The Morgan fingerprint density at radius 2 is 2.21 bits per heavy atom. The van der Waals surface area contributed by atoms with E-state index in [4.69, 9.17) is 10.5 Å². The molecule has 1 atom stereocenters. The average molecular weight is 265 g/mol. The van der Waals surface area contributed by atoms with E-state index in [-0.39, 0.29) is 0 Å². The van der Waals surface area contributed by atoms with E-state index >= 15 is 0 Å². The maximum Gasteiger partial charge on any atom is 0.158 e. The summed E-state index contributed by atoms with van der Waals surface area (Å²) in [5.41, 5.74) is 5.84. The number of nitrogen functional groups attached to an aromatic ring is 1. The van der Waals surface area contributed by atoms with Gasteiger partial charge in [0.1, 0.15) is 18.2 Å². The number of methoxy groups -OCH3 is 1. The first-order valence-electron chi connectivity index (χ1n) is 6.75. The fourth-order valence-electron chi connectivity index (χ4n) is 2.53. The quantitative estimate of drug-likeness (QED) is 0.866. The van der Waals surface area contributed by atoms with Gasteiger partial charge in [-0.05, 0) is 13.5 Å². The smallest absolute Gasteiger partial charge is 0.158 e. The predicted octanol–water partition coefficient (Wildman–Crippen LogP) is 0.736. The molecule has 1 unspecified atom stereocenters. The van der Waals surface area contributed by atoms with E-state index in [0.29, 0.717) is 24.3 Å². The monoisotopic (exact) mass is 265 g/mol. The van der Waals surface area contributed by atoms with Crippen molar-refractivity contribution in [3.05, 3.63) is 11.9 Å². The molecule has 1 saturated heterocycles. The molecule has 1 aromatic rings. The lowest BCUT2D eigenvalue weighted by Gasteiger charge is -2.40. The zero-order valence-electron chi connectivity index (χ0n) is 12.0. The first-order chi connectivity index (χ1) is 9.13. The number of aromatic nitrogens is 2. The Morgan fingerprint density at radius 1 is 1.42 bits per heavy atom. The van der Waals surface area contributed by atoms with Crippen LogP contribution in [0.1, 0.15) is 19.7 Å². The molecule has 0 bridgehead atoms. The van der Waals surface area contributed by atoms with Gasteiger partial charge in [-0.1, -0.05) is 6.92 Å². The Labute approximate surface area is 114 Å². The van der Waals surface area contributed by atoms with Crippen molar-refractivity contribution >= 4 is 11.6 Å². The third kappa shape index (κ3) is 3.33. The van der Waals surface area contributed by atoms with Gasteiger partial charge in [-0.3, -0.25) is 4.90 Å². The van der Waals surface area contributed by atoms with Gasteiger partial charge in [0.2, 0.25) is 0 Å². The van der Waals surface area contributed by atoms with Crippen LogP contribution in [-0.4, -0.2) is 54.2 Å². The lowest BCUT2D eigenvalue weighted by molar-refractivity contribution is 0.177. The number of ether oxygens (including phenoxy) is 1. The summed E-state index contributed by atoms with van der Waals surface area (Å²) in [6, 6.07) is 2.37. The standard InChI is InChI=1S/C13H23N5O/c1-4-17-5-6-18(8-10(17)2)13-7-11(14)15-12(16-13)9-19-3/h7,10H,4-6,8-9H2,1-3H3,(H2,14,15,16). The fourth-order valence-corrected chi connectivity index (χ4v) is 2.53. The second-order valence-electron chi connectivity index (χ2n) is 4.92. The van der Waals surface area contributed by atoms with Crippen molar-refractivity contribution in [1.82, 2.24) is 14.9 Å². The highest BCUT2D eigenvalue weighted by atomic mass is 16.5. The molecule has 1 aliphatic rings. The van der Waals surface area contributed by atoms with Crippen molar-refractivity contribution in [2.24, 2.45) is 0 Å². The van der Waals surface area contributed by atoms with Crippen LogP contribution < -0.4 is 10.6 Å². The molecule has 1 aromatic heterocycles. The van der Waals surface area contributed by atoms with E-state index in [1.165, 1.54) is 0 Å². The molecule has 2 N–H and O–H groups in total. The largest absolute Gasteiger partial charge is 0.384 e. The third-order valence-corrected chi connectivity index (χ3v) is 3.55. The summed E-state index contributed by atoms with van der Waals surface area (Å²) in [6.07, 6.45) is 0. The average Bonchev–Trinajstić information content (AvgIpc) is 2.38. The van der Waals surface area contributed by atoms with Crippen LogP contribution in [0.2, 0.25) is 0 Å². The minimum Gasteiger partial charge on any atom is -0.384 e. The lowest BCUT2D eigenvalue weighted by atomic mass is 10.2. The molecule has 0 aliphatic carbocycles. The number of rotatable bonds is 4. The minimum absolute atomic E-state index is 0.391. The molecule has 1 fully saturated rings. The maximum absolute atomic E-state index is 5.84. The highest BCUT2D eigenvalue weighted by Gasteiger charge is 2.23. The number of hydrogen-bond acceptors (Lipinski definition) is 6. The van der Waals surface area contributed by atoms with Gasteiger partial charge in [-0.15, -0.1) is 0 Å². The first kappa shape index (κ1) is 14.0. The molecule has 6 nitrogen and oxygen atoms in total. The summed E-state index contributed by atoms with van der Waals surface area (Å²) in [4.78, 5) is 13.4. The molecule has 0 radical (unpaired) electrons. The molecule has 0 saturated carbocycles. The van der Waals surface area contributed by atoms with Gasteiger partial charge in [0, 0.05) is 38.9 Å². The highest BCUT2D eigenvalue weighted by Crippen LogP contribution is 2.19. The van der Waals surface area contributed by atoms with Gasteiger partial charge in [0.05, 0.1) is 0 Å². The fraction of sp³-hybridized carbons (Fsp3) is 0.692. The molecule has 19 heavy (non-hydrogen) atoms. The van der Waals surface area contributed by atoms with Crippen LogP contribution in [0.15, 0.2) is 6.07 Å². The van der Waals surface area contributed by atoms with E-state index in [1.807, 2.05) is 6.07 Å². The molecule has 2 heterocycles. The van der Waals surface area contributed by atoms with Crippen molar-refractivity contribution in [2.75, 3.05) is 43.9 Å². The van der Waals surface area contributed by atoms with Gasteiger partial charge in [0.15, 0.2) is 5.82 Å². The molecular formula is C13H23N5O. The number of anilines is 2. The number of piperazine rings is 1. The van der Waals surface area contributed by atoms with E-state index in [1.54, 1.807) is 7.11 Å². The van der Waals surface area contributed by atoms with Crippen molar-refractivity contribution in [3.8, 4) is 0 Å². The van der Waals surface area contributed by atoms with E-state index in [9.17, 15) is 0 Å². The topological polar surface area (TPSA) is 67.5 Å². The van der Waals surface area contributed by atoms with Crippen molar-refractivity contribution < 1.29 is 4.74 Å². The highest BCUT2D eigenvalue weighted by molar-refractivity contribution is 5.47. The Kier molecular flexibility index (Phi) is 4.55. The summed E-state index contributed by atoms with van der Waals surface area (Å²) in [7, 11) is 1.63. The van der Waals surface area contributed by atoms with Crippen molar-refractivity contribution in [3.63, 3.8) is 0 Å². The molecule has 0 aromatic carbocycles. The molecule has 106 valence electrons. The van der Waals surface area contributed by atoms with Crippen LogP contribution in [0.4, 0.5) is 11.6 Å². The summed E-state index contributed by atoms with van der Waals surface area (Å²) in [5.74, 6) is 2.05. The Hall–Kier alpha value is -1.40. The van der Waals surface area contributed by atoms with Crippen LogP contribution in [0.5, 0.6) is 0 Å². The summed E-state index contributed by atoms with van der Waals surface area (Å²) < 4.78 is 5.07. The summed E-state index contributed by atoms with van der Waals surface area (Å²) in [6.45, 7) is 8.93. The number of hydrogen-bond donors (Lipinski definition) is 1. The third-order valence-electron chi connectivity index (χ3n) is 3.55. The SMILES string of the molecule is CCN1CCN(c2cc(N)nc(COC)n2)CC1C. The molecule has 6 heteroatoms. The van der Waals surface area contributed by atoms with Crippen LogP contribution in [0, 0.1) is 0 Å². The summed E-state index contributed by atoms with van der Waals surface area (Å²) in [5, 5.41) is 0. The van der Waals surface area contributed by atoms with Crippen LogP contribution in [-0.2, 0) is 11.3 Å². The van der Waals surface area contributed by atoms with Gasteiger partial charge in [-0.25, -0.2) is 9.97 Å². The van der Waals surface area contributed by atoms with E-state index in [0.717, 1.165) is 32.0 Å². The van der Waals surface area contributed by atoms with Crippen molar-refractivity contribution in [2.45, 2.75) is 26.5 Å². The number of nitrogens with two attached hydrogens (primary N) is 1. The normalized spacial score (nSPS) is 20.8. The zero-order chi connectivity index (χ0) is 13.8. The molecule has 2 rings (SSSR count). The molecule has 0 amide bonds. The molecule has 1 aliphatic heterocycles. The van der Waals surface area contributed by atoms with Gasteiger partial charge >= 0.3 is 0 Å². The second kappa shape index (κ2) is 6.16. The Morgan fingerprint density at radius 3 is 2.84 bits per heavy atom. The Bertz CT molecular complexity index is 425. The van der Waals surface area contributed by atoms with E-state index < -0.39 is 0 Å². The van der Waals surface area contributed by atoms with Crippen molar-refractivity contribution in [1.29, 1.82) is 0 Å². The molecule has 0 spiro atoms. The van der Waals surface area contributed by atoms with Gasteiger partial charge in [0.25, 0.3) is 0 Å². The number of nitrogens with zero attached hydrogens (tertiary/aromatic N) is 4. The minimum atomic E-state index is 0.391. The van der Waals surface area contributed by atoms with Crippen LogP contribution in [0.3, 0.4) is 0 Å². The number of likely N-dealkylation sites (N-methyl/N-ethyl adjacent to an activating group) is 1. The van der Waals surface area contributed by atoms with Gasteiger partial charge < -0.3 is 15.4 Å². The Balaban J connectivity index is 2.13. The van der Waals surface area contributed by atoms with E-state index in [2.05, 4.69) is 33.6 Å². The lowest BCUT2D eigenvalue weighted by Crippen LogP contribution is -2.52. The van der Waals surface area contributed by atoms with Gasteiger partial charge in [-0.2, -0.15) is 0 Å². The second-order valence-corrected chi connectivity index (χ2v) is 4.92. The first-order valence-corrected chi connectivity index (χ1v) is 6.75. The van der Waals surface area contributed by atoms with Crippen LogP contribution >= 0.6 is 0 Å².